The number of rotatable bonds is 10. The second kappa shape index (κ2) is 47.5. The number of hydrogen-bond acceptors (Lipinski definition) is 1. The number of anilines is 1. The van der Waals surface area contributed by atoms with Crippen LogP contribution in [0.1, 0.15) is 170 Å². The number of benzene rings is 2. The van der Waals surface area contributed by atoms with Crippen LogP contribution in [0.15, 0.2) is 86.4 Å². The molecule has 0 aliphatic rings. The van der Waals surface area contributed by atoms with Crippen LogP contribution < -0.4 is 5.32 Å². The molecular weight excluding hydrogens is 574 g/mol. The fourth-order valence-corrected chi connectivity index (χ4v) is 2.65. The lowest BCUT2D eigenvalue weighted by Gasteiger charge is -2.07. The molecule has 1 N–H and O–H groups in total. The van der Waals surface area contributed by atoms with E-state index in [2.05, 4.69) is 150 Å². The fourth-order valence-electron chi connectivity index (χ4n) is 2.65. The van der Waals surface area contributed by atoms with Gasteiger partial charge in [0, 0.05) is 5.69 Å². The Morgan fingerprint density at radius 3 is 1.23 bits per heavy atom. The number of unbranched alkanes of at least 4 members (excludes halogenated alkanes) is 5. The maximum Gasteiger partial charge on any atom is 0.0897 e. The summed E-state index contributed by atoms with van der Waals surface area (Å²) >= 11 is 0. The van der Waals surface area contributed by atoms with Gasteiger partial charge < -0.3 is 5.32 Å². The van der Waals surface area contributed by atoms with E-state index in [0.717, 1.165) is 16.8 Å². The minimum absolute atomic E-state index is 0.333. The zero-order chi connectivity index (χ0) is 38.1. The second-order valence-corrected chi connectivity index (χ2v) is 11.3. The summed E-state index contributed by atoms with van der Waals surface area (Å²) in [6.45, 7) is 45.3. The molecule has 0 radical (unpaired) electrons. The minimum atomic E-state index is -0.333. The molecule has 0 aromatic heterocycles. The quantitative estimate of drug-likeness (QED) is 0.251. The van der Waals surface area contributed by atoms with E-state index >= 15 is 0 Å². The summed E-state index contributed by atoms with van der Waals surface area (Å²) < 4.78 is 10.8. The van der Waals surface area contributed by atoms with Crippen LogP contribution in [0, 0.1) is 20.8 Å². The predicted octanol–water partition coefficient (Wildman–Crippen LogP) is 17.0. The van der Waals surface area contributed by atoms with Gasteiger partial charge in [0.2, 0.25) is 0 Å². The van der Waals surface area contributed by atoms with Crippen molar-refractivity contribution in [3.8, 4) is 0 Å². The van der Waals surface area contributed by atoms with Crippen molar-refractivity contribution in [1.82, 2.24) is 0 Å². The molecule has 0 atom stereocenters. The number of aryl methyl sites for hydroxylation is 3. The predicted molar refractivity (Wildman–Crippen MR) is 224 cm³/mol. The third-order valence-corrected chi connectivity index (χ3v) is 6.08. The lowest BCUT2D eigenvalue weighted by atomic mass is 10.1. The van der Waals surface area contributed by atoms with Crippen LogP contribution in [0.2, 0.25) is 0 Å². The normalized spacial score (nSPS) is 8.34. The maximum absolute atomic E-state index is 10.8. The Morgan fingerprint density at radius 2 is 1.02 bits per heavy atom. The average molecular weight is 656 g/mol. The molecule has 0 spiro atoms. The summed E-state index contributed by atoms with van der Waals surface area (Å²) in [6.07, 6.45) is 14.8. The van der Waals surface area contributed by atoms with Crippen molar-refractivity contribution in [2.75, 3.05) is 5.32 Å². The minimum Gasteiger partial charge on any atom is -0.362 e. The molecule has 0 heterocycles. The van der Waals surface area contributed by atoms with Gasteiger partial charge in [-0.05, 0) is 88.9 Å². The summed E-state index contributed by atoms with van der Waals surface area (Å²) in [6, 6.07) is 14.6. The van der Waals surface area contributed by atoms with Crippen molar-refractivity contribution in [2.24, 2.45) is 0 Å². The summed E-state index contributed by atoms with van der Waals surface area (Å²) in [5.41, 5.74) is 8.59. The first kappa shape index (κ1) is 56.5. The molecule has 0 aliphatic carbocycles. The molecule has 47 heavy (non-hydrogen) atoms. The molecule has 2 heteroatoms. The summed E-state index contributed by atoms with van der Waals surface area (Å²) in [7, 11) is 0. The van der Waals surface area contributed by atoms with Gasteiger partial charge in [-0.3, -0.25) is 0 Å². The van der Waals surface area contributed by atoms with Gasteiger partial charge in [-0.1, -0.05) is 181 Å². The molecule has 2 aromatic carbocycles. The topological polar surface area (TPSA) is 12.0 Å². The zero-order valence-corrected chi connectivity index (χ0v) is 34.4. The lowest BCUT2D eigenvalue weighted by Crippen LogP contribution is -1.91. The highest BCUT2D eigenvalue weighted by Crippen LogP contribution is 2.20. The zero-order valence-electron chi connectivity index (χ0n) is 34.4. The Balaban J connectivity index is -0.000000109. The highest BCUT2D eigenvalue weighted by Gasteiger charge is 1.98. The Labute approximate surface area is 297 Å². The molecule has 0 saturated carbocycles. The number of halogens is 1. The van der Waals surface area contributed by atoms with Gasteiger partial charge in [-0.15, -0.1) is 6.58 Å². The van der Waals surface area contributed by atoms with Crippen LogP contribution in [0.5, 0.6) is 0 Å². The standard InChI is InChI=1S/C12H15N.C8H10.C7H14.C5H12.2C4H10.C3H5F.C2H6/c1-5-13-12-8-11(9(2)3)7-6-10(12)4;1-7-5-3-4-6-8(7)2;1-4-5-6-7(2)3;1-3-5-4-2;2*1-3-4-2;1-3(2)4;1-2/h5-8,13H,1-2H2,3-4H3;3-6H,1-2H3;2,4-6H2,1,3H3;3-5H2,1-2H3;2*3-4H2,1-2H3;1H2,2H3;1-2H3. The lowest BCUT2D eigenvalue weighted by molar-refractivity contribution is 0.645. The van der Waals surface area contributed by atoms with Crippen molar-refractivity contribution in [3.63, 3.8) is 0 Å². The van der Waals surface area contributed by atoms with Crippen LogP contribution in [0.25, 0.3) is 5.57 Å². The number of allylic oxidation sites excluding steroid dienone is 3. The van der Waals surface area contributed by atoms with Crippen molar-refractivity contribution in [1.29, 1.82) is 0 Å². The van der Waals surface area contributed by atoms with Crippen molar-refractivity contribution >= 4 is 11.3 Å². The van der Waals surface area contributed by atoms with Crippen LogP contribution in [-0.4, -0.2) is 0 Å². The molecule has 0 saturated heterocycles. The smallest absolute Gasteiger partial charge is 0.0897 e. The van der Waals surface area contributed by atoms with E-state index < -0.39 is 0 Å². The summed E-state index contributed by atoms with van der Waals surface area (Å²) in [4.78, 5) is 0. The molecule has 1 nitrogen and oxygen atoms in total. The van der Waals surface area contributed by atoms with Crippen molar-refractivity contribution in [2.45, 2.75) is 168 Å². The number of nitrogens with one attached hydrogen (secondary N) is 1. The fraction of sp³-hybridized carbons (Fsp3) is 0.556. The van der Waals surface area contributed by atoms with E-state index in [4.69, 9.17) is 0 Å². The molecule has 0 bridgehead atoms. The van der Waals surface area contributed by atoms with E-state index in [1.54, 1.807) is 6.20 Å². The molecule has 0 amide bonds. The van der Waals surface area contributed by atoms with E-state index in [1.165, 1.54) is 93.4 Å². The van der Waals surface area contributed by atoms with Crippen LogP contribution >= 0.6 is 0 Å². The van der Waals surface area contributed by atoms with Gasteiger partial charge in [0.25, 0.3) is 0 Å². The highest BCUT2D eigenvalue weighted by atomic mass is 19.1. The number of hydrogen-bond donors (Lipinski definition) is 1. The first-order valence-corrected chi connectivity index (χ1v) is 18.3. The Kier molecular flexibility index (Phi) is 57.1. The monoisotopic (exact) mass is 656 g/mol. The largest absolute Gasteiger partial charge is 0.362 e. The molecule has 0 fully saturated rings. The van der Waals surface area contributed by atoms with Crippen molar-refractivity contribution < 1.29 is 4.39 Å². The van der Waals surface area contributed by atoms with Crippen LogP contribution in [0.4, 0.5) is 10.1 Å². The Bertz CT molecular complexity index is 919. The SMILES string of the molecule is C=C(C)CCCC.C=C(C)F.C=CNc1cc(C(=C)C)ccc1C.CC.CCCC.CCCC.CCCCC.Cc1ccccc1C. The van der Waals surface area contributed by atoms with Gasteiger partial charge in [-0.25, -0.2) is 4.39 Å². The maximum atomic E-state index is 10.8. The molecule has 2 aromatic rings. The Hall–Kier alpha value is -2.87. The summed E-state index contributed by atoms with van der Waals surface area (Å²) in [5.74, 6) is -0.333. The second-order valence-electron chi connectivity index (χ2n) is 11.3. The molecule has 274 valence electrons. The van der Waals surface area contributed by atoms with Gasteiger partial charge >= 0.3 is 0 Å². The van der Waals surface area contributed by atoms with Gasteiger partial charge in [0.05, 0.1) is 5.83 Å². The Morgan fingerprint density at radius 1 is 0.638 bits per heavy atom. The highest BCUT2D eigenvalue weighted by molar-refractivity contribution is 5.67. The first-order chi connectivity index (χ1) is 22.2. The van der Waals surface area contributed by atoms with Gasteiger partial charge in [0.15, 0.2) is 0 Å². The van der Waals surface area contributed by atoms with E-state index in [1.807, 2.05) is 20.8 Å². The van der Waals surface area contributed by atoms with E-state index in [-0.39, 0.29) is 5.83 Å². The molecule has 2 rings (SSSR count). The van der Waals surface area contributed by atoms with Gasteiger partial charge in [-0.2, -0.15) is 0 Å². The molecule has 0 aliphatic heterocycles. The van der Waals surface area contributed by atoms with Crippen LogP contribution in [0.3, 0.4) is 0 Å². The third kappa shape index (κ3) is 55.9. The third-order valence-electron chi connectivity index (χ3n) is 6.08. The molecular formula is C45H82FN. The molecule has 0 unspecified atom stereocenters. The van der Waals surface area contributed by atoms with Crippen molar-refractivity contribution in [3.05, 3.63) is 109 Å². The summed E-state index contributed by atoms with van der Waals surface area (Å²) in [5, 5.41) is 3.09. The van der Waals surface area contributed by atoms with E-state index in [9.17, 15) is 4.39 Å². The van der Waals surface area contributed by atoms with Crippen LogP contribution in [-0.2, 0) is 0 Å². The average Bonchev–Trinajstić information content (AvgIpc) is 3.04. The first-order valence-electron chi connectivity index (χ1n) is 18.3. The van der Waals surface area contributed by atoms with Gasteiger partial charge in [0.1, 0.15) is 0 Å². The van der Waals surface area contributed by atoms with E-state index in [0.29, 0.717) is 0 Å².